The number of hydrogen-bond acceptors (Lipinski definition) is 8. The third-order valence-corrected chi connectivity index (χ3v) is 7.37. The van der Waals surface area contributed by atoms with Crippen LogP contribution in [0.5, 0.6) is 11.6 Å². The van der Waals surface area contributed by atoms with Crippen LogP contribution >= 0.6 is 28.1 Å². The second-order valence-corrected chi connectivity index (χ2v) is 11.0. The summed E-state index contributed by atoms with van der Waals surface area (Å²) in [6.07, 6.45) is 7.17. The highest BCUT2D eigenvalue weighted by Crippen LogP contribution is 2.26. The molecule has 3 N–H and O–H groups in total. The Kier molecular flexibility index (Phi) is 10.8. The highest BCUT2D eigenvalue weighted by Gasteiger charge is 2.18. The first kappa shape index (κ1) is 29.3. The average Bonchev–Trinajstić information content (AvgIpc) is 2.89. The van der Waals surface area contributed by atoms with Crippen LogP contribution in [-0.2, 0) is 10.0 Å². The molecule has 0 radical (unpaired) electrons. The number of nitrogens with zero attached hydrogens (tertiary/aromatic N) is 2. The van der Waals surface area contributed by atoms with Crippen molar-refractivity contribution in [2.24, 2.45) is 0 Å². The van der Waals surface area contributed by atoms with E-state index in [-0.39, 0.29) is 21.7 Å². The zero-order chi connectivity index (χ0) is 27.5. The SMILES string of the molecule is CCCCCCOc1ccc(C(=O)NC(=S)Nc2ccc(S(=O)(=O)Nc3nccnc3OC)cc2)cc1Br. The third-order valence-electron chi connectivity index (χ3n) is 5.19. The average molecular weight is 623 g/mol. The molecule has 10 nitrogen and oxygen atoms in total. The van der Waals surface area contributed by atoms with Gasteiger partial charge in [-0.05, 0) is 77.0 Å². The Labute approximate surface area is 235 Å². The molecule has 0 saturated carbocycles. The van der Waals surface area contributed by atoms with Gasteiger partial charge in [-0.2, -0.15) is 0 Å². The first-order valence-electron chi connectivity index (χ1n) is 11.8. The Morgan fingerprint density at radius 3 is 2.47 bits per heavy atom. The van der Waals surface area contributed by atoms with E-state index in [0.717, 1.165) is 19.3 Å². The van der Waals surface area contributed by atoms with Crippen LogP contribution in [0.25, 0.3) is 0 Å². The fourth-order valence-electron chi connectivity index (χ4n) is 3.26. The molecular weight excluding hydrogens is 594 g/mol. The zero-order valence-corrected chi connectivity index (χ0v) is 24.1. The second-order valence-electron chi connectivity index (χ2n) is 8.01. The van der Waals surface area contributed by atoms with E-state index >= 15 is 0 Å². The van der Waals surface area contributed by atoms with Crippen molar-refractivity contribution in [1.29, 1.82) is 0 Å². The van der Waals surface area contributed by atoms with Crippen LogP contribution in [0, 0.1) is 0 Å². The molecule has 1 aromatic heterocycles. The fourth-order valence-corrected chi connectivity index (χ4v) is 4.97. The number of carbonyl (C=O) groups excluding carboxylic acids is 1. The number of nitrogens with one attached hydrogen (secondary N) is 3. The van der Waals surface area contributed by atoms with Gasteiger partial charge in [-0.15, -0.1) is 0 Å². The van der Waals surface area contributed by atoms with Gasteiger partial charge < -0.3 is 14.8 Å². The van der Waals surface area contributed by atoms with Gasteiger partial charge in [-0.25, -0.2) is 18.4 Å². The van der Waals surface area contributed by atoms with Gasteiger partial charge in [0.1, 0.15) is 5.75 Å². The molecular formula is C25H28BrN5O5S2. The van der Waals surface area contributed by atoms with E-state index < -0.39 is 15.9 Å². The molecule has 1 heterocycles. The van der Waals surface area contributed by atoms with E-state index in [2.05, 4.69) is 48.2 Å². The topological polar surface area (TPSA) is 132 Å². The summed E-state index contributed by atoms with van der Waals surface area (Å²) in [4.78, 5) is 20.5. The number of sulfonamides is 1. The molecule has 202 valence electrons. The Bertz CT molecular complexity index is 1370. The molecule has 3 aromatic rings. The van der Waals surface area contributed by atoms with Gasteiger partial charge in [0.05, 0.1) is 23.1 Å². The standard InChI is InChI=1S/C25H28BrN5O5S2/c1-3-4-5-6-15-36-21-12-7-17(16-20(21)26)23(32)30-25(37)29-18-8-10-19(11-9-18)38(33,34)31-22-24(35-2)28-14-13-27-22/h7-14,16H,3-6,15H2,1-2H3,(H,27,31)(H2,29,30,32,37). The third kappa shape index (κ3) is 8.36. The van der Waals surface area contributed by atoms with Crippen molar-refractivity contribution in [2.75, 3.05) is 23.8 Å². The summed E-state index contributed by atoms with van der Waals surface area (Å²) in [5, 5.41) is 5.53. The molecule has 0 aliphatic heterocycles. The lowest BCUT2D eigenvalue weighted by Gasteiger charge is -2.12. The van der Waals surface area contributed by atoms with E-state index in [1.807, 2.05) is 0 Å². The number of benzene rings is 2. The van der Waals surface area contributed by atoms with Crippen LogP contribution < -0.4 is 24.8 Å². The number of carbonyl (C=O) groups is 1. The van der Waals surface area contributed by atoms with Crippen molar-refractivity contribution >= 4 is 60.7 Å². The normalized spacial score (nSPS) is 10.9. The number of ether oxygens (including phenoxy) is 2. The van der Waals surface area contributed by atoms with Crippen LogP contribution in [0.1, 0.15) is 43.0 Å². The minimum absolute atomic E-state index is 0.0109. The number of aromatic nitrogens is 2. The van der Waals surface area contributed by atoms with Crippen molar-refractivity contribution in [3.8, 4) is 11.6 Å². The molecule has 0 aliphatic carbocycles. The molecule has 0 spiro atoms. The van der Waals surface area contributed by atoms with Crippen LogP contribution in [0.15, 0.2) is 64.2 Å². The lowest BCUT2D eigenvalue weighted by molar-refractivity contribution is 0.0977. The van der Waals surface area contributed by atoms with Gasteiger partial charge in [0, 0.05) is 23.6 Å². The van der Waals surface area contributed by atoms with Gasteiger partial charge >= 0.3 is 0 Å². The Balaban J connectivity index is 1.55. The number of amides is 1. The summed E-state index contributed by atoms with van der Waals surface area (Å²) in [5.41, 5.74) is 0.880. The minimum Gasteiger partial charge on any atom is -0.492 e. The van der Waals surface area contributed by atoms with Crippen LogP contribution in [-0.4, -0.2) is 43.1 Å². The van der Waals surface area contributed by atoms with Crippen molar-refractivity contribution in [1.82, 2.24) is 15.3 Å². The van der Waals surface area contributed by atoms with Crippen molar-refractivity contribution in [3.63, 3.8) is 0 Å². The molecule has 0 atom stereocenters. The predicted molar refractivity (Wildman–Crippen MR) is 153 cm³/mol. The van der Waals surface area contributed by atoms with Gasteiger partial charge in [0.25, 0.3) is 21.8 Å². The molecule has 38 heavy (non-hydrogen) atoms. The molecule has 0 unspecified atom stereocenters. The minimum atomic E-state index is -3.94. The first-order valence-corrected chi connectivity index (χ1v) is 14.4. The number of thiocarbonyl (C=S) groups is 1. The Hall–Kier alpha value is -3.29. The van der Waals surface area contributed by atoms with Crippen molar-refractivity contribution < 1.29 is 22.7 Å². The number of anilines is 2. The first-order chi connectivity index (χ1) is 18.2. The predicted octanol–water partition coefficient (Wildman–Crippen LogP) is 5.13. The molecule has 1 amide bonds. The largest absolute Gasteiger partial charge is 0.492 e. The second kappa shape index (κ2) is 14.0. The molecule has 0 aliphatic rings. The summed E-state index contributed by atoms with van der Waals surface area (Å²) in [6.45, 7) is 2.77. The molecule has 13 heteroatoms. The zero-order valence-electron chi connectivity index (χ0n) is 20.9. The van der Waals surface area contributed by atoms with E-state index in [1.165, 1.54) is 50.2 Å². The summed E-state index contributed by atoms with van der Waals surface area (Å²) in [5.74, 6) is 0.284. The molecule has 0 fully saturated rings. The maximum atomic E-state index is 12.7. The molecule has 0 bridgehead atoms. The Morgan fingerprint density at radius 1 is 1.05 bits per heavy atom. The van der Waals surface area contributed by atoms with E-state index in [4.69, 9.17) is 21.7 Å². The van der Waals surface area contributed by atoms with Gasteiger partial charge in [0.2, 0.25) is 5.82 Å². The van der Waals surface area contributed by atoms with Gasteiger partial charge in [-0.1, -0.05) is 26.2 Å². The maximum absolute atomic E-state index is 12.7. The lowest BCUT2D eigenvalue weighted by atomic mass is 10.2. The van der Waals surface area contributed by atoms with Gasteiger partial charge in [0.15, 0.2) is 5.11 Å². The number of rotatable bonds is 12. The highest BCUT2D eigenvalue weighted by molar-refractivity contribution is 9.10. The highest BCUT2D eigenvalue weighted by atomic mass is 79.9. The van der Waals surface area contributed by atoms with E-state index in [0.29, 0.717) is 28.1 Å². The summed E-state index contributed by atoms with van der Waals surface area (Å²) in [6, 6.07) is 10.9. The number of halogens is 1. The molecule has 2 aromatic carbocycles. The van der Waals surface area contributed by atoms with E-state index in [1.54, 1.807) is 18.2 Å². The van der Waals surface area contributed by atoms with Crippen LogP contribution in [0.2, 0.25) is 0 Å². The Morgan fingerprint density at radius 2 is 1.79 bits per heavy atom. The monoisotopic (exact) mass is 621 g/mol. The van der Waals surface area contributed by atoms with Crippen molar-refractivity contribution in [2.45, 2.75) is 37.5 Å². The number of unbranched alkanes of at least 4 members (excludes halogenated alkanes) is 3. The number of hydrogen-bond donors (Lipinski definition) is 3. The summed E-state index contributed by atoms with van der Waals surface area (Å²) in [7, 11) is -2.58. The molecule has 0 saturated heterocycles. The quantitative estimate of drug-likeness (QED) is 0.186. The number of methoxy groups -OCH3 is 1. The van der Waals surface area contributed by atoms with Crippen molar-refractivity contribution in [3.05, 3.63) is 64.9 Å². The lowest BCUT2D eigenvalue weighted by Crippen LogP contribution is -2.34. The van der Waals surface area contributed by atoms with E-state index in [9.17, 15) is 13.2 Å². The van der Waals surface area contributed by atoms with Crippen LogP contribution in [0.4, 0.5) is 11.5 Å². The maximum Gasteiger partial charge on any atom is 0.263 e. The smallest absolute Gasteiger partial charge is 0.263 e. The van der Waals surface area contributed by atoms with Crippen LogP contribution in [0.3, 0.4) is 0 Å². The molecule has 3 rings (SSSR count). The van der Waals surface area contributed by atoms with Gasteiger partial charge in [-0.3, -0.25) is 14.8 Å². The summed E-state index contributed by atoms with van der Waals surface area (Å²) < 4.78 is 39.2. The fraction of sp³-hybridized carbons (Fsp3) is 0.280. The summed E-state index contributed by atoms with van der Waals surface area (Å²) >= 11 is 8.69.